The van der Waals surface area contributed by atoms with Gasteiger partial charge in [-0.15, -0.1) is 0 Å². The average molecular weight is 356 g/mol. The largest absolute Gasteiger partial charge is 0.385 e. The minimum atomic E-state index is -0.455. The quantitative estimate of drug-likeness (QED) is 0.735. The fourth-order valence-electron chi connectivity index (χ4n) is 1.92. The van der Waals surface area contributed by atoms with Crippen molar-refractivity contribution in [3.8, 4) is 0 Å². The molecule has 0 unspecified atom stereocenters. The maximum absolute atomic E-state index is 12.0. The molecule has 6 nitrogen and oxygen atoms in total. The van der Waals surface area contributed by atoms with E-state index in [9.17, 15) is 9.59 Å². The van der Waals surface area contributed by atoms with Crippen LogP contribution in [0.5, 0.6) is 0 Å². The molecule has 1 heterocycles. The second-order valence-electron chi connectivity index (χ2n) is 4.89. The molecule has 0 bridgehead atoms. The molecular formula is C15H18ClN3O3S. The van der Waals surface area contributed by atoms with E-state index in [0.29, 0.717) is 29.0 Å². The van der Waals surface area contributed by atoms with Crippen LogP contribution in [-0.4, -0.2) is 42.5 Å². The van der Waals surface area contributed by atoms with Crippen LogP contribution >= 0.6 is 23.4 Å². The van der Waals surface area contributed by atoms with Crippen molar-refractivity contribution in [2.75, 3.05) is 25.6 Å². The lowest BCUT2D eigenvalue weighted by Crippen LogP contribution is -2.28. The van der Waals surface area contributed by atoms with E-state index < -0.39 is 5.25 Å². The molecule has 124 valence electrons. The van der Waals surface area contributed by atoms with Gasteiger partial charge in [0.05, 0.1) is 0 Å². The molecule has 0 aliphatic carbocycles. The Kier molecular flexibility index (Phi) is 6.88. The van der Waals surface area contributed by atoms with Gasteiger partial charge >= 0.3 is 0 Å². The van der Waals surface area contributed by atoms with E-state index in [2.05, 4.69) is 15.6 Å². The van der Waals surface area contributed by atoms with Crippen molar-refractivity contribution in [2.45, 2.75) is 18.1 Å². The highest BCUT2D eigenvalue weighted by Crippen LogP contribution is 2.23. The number of amides is 2. The normalized spacial score (nSPS) is 19.0. The molecule has 1 atom stereocenters. The predicted molar refractivity (Wildman–Crippen MR) is 93.0 cm³/mol. The monoisotopic (exact) mass is 355 g/mol. The fraction of sp³-hybridized carbons (Fsp3) is 0.400. The third-order valence-electron chi connectivity index (χ3n) is 3.04. The summed E-state index contributed by atoms with van der Waals surface area (Å²) in [6, 6.07) is 6.81. The standard InChI is InChI=1S/C15H18ClN3O3S/c1-22-8-2-7-17-15-19-14(21)12(23-15)9-13(20)18-11-5-3-10(16)4-6-11/h3-6,12H,2,7-9H2,1H3,(H,18,20)(H,17,19,21)/t12-/m0/s1. The van der Waals surface area contributed by atoms with Crippen molar-refractivity contribution in [1.29, 1.82) is 0 Å². The zero-order valence-electron chi connectivity index (χ0n) is 12.7. The van der Waals surface area contributed by atoms with Crippen LogP contribution in [0.25, 0.3) is 0 Å². The molecule has 0 spiro atoms. The lowest BCUT2D eigenvalue weighted by molar-refractivity contribution is -0.122. The molecule has 0 aromatic heterocycles. The Morgan fingerprint density at radius 1 is 1.43 bits per heavy atom. The van der Waals surface area contributed by atoms with Crippen LogP contribution < -0.4 is 10.6 Å². The molecule has 2 N–H and O–H groups in total. The van der Waals surface area contributed by atoms with Gasteiger partial charge in [0.2, 0.25) is 11.8 Å². The molecule has 1 fully saturated rings. The molecule has 1 aliphatic heterocycles. The molecule has 0 saturated carbocycles. The summed E-state index contributed by atoms with van der Waals surface area (Å²) in [7, 11) is 1.63. The molecule has 1 aliphatic rings. The summed E-state index contributed by atoms with van der Waals surface area (Å²) < 4.78 is 4.94. The first kappa shape index (κ1) is 17.8. The summed E-state index contributed by atoms with van der Waals surface area (Å²) in [5.74, 6) is -0.410. The third kappa shape index (κ3) is 5.85. The van der Waals surface area contributed by atoms with Gasteiger partial charge in [0, 0.05) is 37.4 Å². The zero-order valence-corrected chi connectivity index (χ0v) is 14.2. The number of thioether (sulfide) groups is 1. The minimum Gasteiger partial charge on any atom is -0.385 e. The Morgan fingerprint density at radius 3 is 2.87 bits per heavy atom. The Hall–Kier alpha value is -1.57. The number of carbonyl (C=O) groups is 2. The highest BCUT2D eigenvalue weighted by molar-refractivity contribution is 8.15. The Labute approximate surface area is 144 Å². The number of hydrogen-bond acceptors (Lipinski definition) is 5. The maximum Gasteiger partial charge on any atom is 0.240 e. The molecular weight excluding hydrogens is 338 g/mol. The van der Waals surface area contributed by atoms with Gasteiger partial charge in [-0.3, -0.25) is 14.6 Å². The lowest BCUT2D eigenvalue weighted by Gasteiger charge is -2.07. The van der Waals surface area contributed by atoms with Crippen molar-refractivity contribution in [3.63, 3.8) is 0 Å². The Balaban J connectivity index is 1.81. The van der Waals surface area contributed by atoms with Crippen LogP contribution in [0.3, 0.4) is 0 Å². The summed E-state index contributed by atoms with van der Waals surface area (Å²) >= 11 is 7.08. The highest BCUT2D eigenvalue weighted by Gasteiger charge is 2.31. The molecule has 1 aromatic carbocycles. The molecule has 8 heteroatoms. The topological polar surface area (TPSA) is 79.8 Å². The number of nitrogens with zero attached hydrogens (tertiary/aromatic N) is 1. The number of aliphatic imine (C=N–C) groups is 1. The maximum atomic E-state index is 12.0. The Bertz CT molecular complexity index is 592. The van der Waals surface area contributed by atoms with Crippen LogP contribution in [0.4, 0.5) is 5.69 Å². The zero-order chi connectivity index (χ0) is 16.7. The first-order chi connectivity index (χ1) is 11.1. The third-order valence-corrected chi connectivity index (χ3v) is 4.41. The van der Waals surface area contributed by atoms with Gasteiger partial charge in [-0.25, -0.2) is 0 Å². The Morgan fingerprint density at radius 2 is 2.17 bits per heavy atom. The van der Waals surface area contributed by atoms with E-state index in [1.54, 1.807) is 31.4 Å². The van der Waals surface area contributed by atoms with E-state index in [-0.39, 0.29) is 18.2 Å². The van der Waals surface area contributed by atoms with E-state index in [1.165, 1.54) is 11.8 Å². The number of ether oxygens (including phenoxy) is 1. The van der Waals surface area contributed by atoms with E-state index in [1.807, 2.05) is 0 Å². The van der Waals surface area contributed by atoms with Gasteiger partial charge in [0.25, 0.3) is 0 Å². The number of nitrogens with one attached hydrogen (secondary N) is 2. The van der Waals surface area contributed by atoms with Crippen molar-refractivity contribution < 1.29 is 14.3 Å². The highest BCUT2D eigenvalue weighted by atomic mass is 35.5. The second-order valence-corrected chi connectivity index (χ2v) is 6.52. The van der Waals surface area contributed by atoms with Crippen LogP contribution in [0.2, 0.25) is 5.02 Å². The molecule has 1 aromatic rings. The summed E-state index contributed by atoms with van der Waals surface area (Å²) in [4.78, 5) is 28.2. The molecule has 0 radical (unpaired) electrons. The van der Waals surface area contributed by atoms with Crippen LogP contribution in [0.15, 0.2) is 29.3 Å². The number of carbonyl (C=O) groups excluding carboxylic acids is 2. The van der Waals surface area contributed by atoms with Gasteiger partial charge in [0.15, 0.2) is 5.17 Å². The number of rotatable bonds is 7. The van der Waals surface area contributed by atoms with Crippen LogP contribution in [0, 0.1) is 0 Å². The summed E-state index contributed by atoms with van der Waals surface area (Å²) in [6.07, 6.45) is 0.883. The van der Waals surface area contributed by atoms with Gasteiger partial charge in [0.1, 0.15) is 5.25 Å². The number of halogens is 1. The van der Waals surface area contributed by atoms with E-state index in [0.717, 1.165) is 6.42 Å². The first-order valence-corrected chi connectivity index (χ1v) is 8.40. The van der Waals surface area contributed by atoms with Crippen molar-refractivity contribution in [3.05, 3.63) is 29.3 Å². The summed E-state index contributed by atoms with van der Waals surface area (Å²) in [5, 5.41) is 6.15. The number of benzene rings is 1. The molecule has 2 amide bonds. The van der Waals surface area contributed by atoms with Gasteiger partial charge in [-0.2, -0.15) is 0 Å². The number of methoxy groups -OCH3 is 1. The molecule has 23 heavy (non-hydrogen) atoms. The van der Waals surface area contributed by atoms with Gasteiger partial charge in [-0.05, 0) is 30.7 Å². The van der Waals surface area contributed by atoms with Crippen molar-refractivity contribution >= 4 is 46.0 Å². The number of amidine groups is 1. The second kappa shape index (κ2) is 8.90. The van der Waals surface area contributed by atoms with Gasteiger partial charge < -0.3 is 15.4 Å². The number of anilines is 1. The summed E-state index contributed by atoms with van der Waals surface area (Å²) in [5.41, 5.74) is 0.649. The van der Waals surface area contributed by atoms with Gasteiger partial charge in [-0.1, -0.05) is 23.4 Å². The van der Waals surface area contributed by atoms with E-state index >= 15 is 0 Å². The van der Waals surface area contributed by atoms with Crippen molar-refractivity contribution in [2.24, 2.45) is 4.99 Å². The smallest absolute Gasteiger partial charge is 0.240 e. The minimum absolute atomic E-state index is 0.0935. The molecule has 2 rings (SSSR count). The summed E-state index contributed by atoms with van der Waals surface area (Å²) in [6.45, 7) is 1.21. The van der Waals surface area contributed by atoms with Crippen LogP contribution in [0.1, 0.15) is 12.8 Å². The lowest BCUT2D eigenvalue weighted by atomic mass is 10.2. The number of hydrogen-bond donors (Lipinski definition) is 2. The van der Waals surface area contributed by atoms with E-state index in [4.69, 9.17) is 16.3 Å². The SMILES string of the molecule is COCCCN=C1NC(=O)[C@H](CC(=O)Nc2ccc(Cl)cc2)S1. The predicted octanol–water partition coefficient (Wildman–Crippen LogP) is 2.29. The fourth-order valence-corrected chi connectivity index (χ4v) is 3.04. The average Bonchev–Trinajstić information content (AvgIpc) is 2.86. The van der Waals surface area contributed by atoms with Crippen molar-refractivity contribution in [1.82, 2.24) is 5.32 Å². The molecule has 1 saturated heterocycles. The van der Waals surface area contributed by atoms with Crippen LogP contribution in [-0.2, 0) is 14.3 Å². The first-order valence-electron chi connectivity index (χ1n) is 7.15.